The molecule has 0 aromatic heterocycles. The second kappa shape index (κ2) is 9.82. The van der Waals surface area contributed by atoms with E-state index in [0.29, 0.717) is 6.42 Å². The molecule has 0 bridgehead atoms. The van der Waals surface area contributed by atoms with Crippen LogP contribution in [-0.4, -0.2) is 18.2 Å². The summed E-state index contributed by atoms with van der Waals surface area (Å²) in [5, 5.41) is 0. The highest BCUT2D eigenvalue weighted by Gasteiger charge is 2.20. The number of carbonyl (C=O) groups excluding carboxylic acids is 2. The number of aryl methyl sites for hydroxylation is 1. The number of hydrogen-bond acceptors (Lipinski definition) is 4. The van der Waals surface area contributed by atoms with Crippen molar-refractivity contribution in [1.82, 2.24) is 0 Å². The summed E-state index contributed by atoms with van der Waals surface area (Å²) in [6.45, 7) is 6.78. The van der Waals surface area contributed by atoms with Crippen LogP contribution in [0.15, 0.2) is 29.8 Å². The maximum Gasteiger partial charge on any atom is 0.305 e. The molecule has 0 saturated carbocycles. The van der Waals surface area contributed by atoms with Crippen LogP contribution in [0, 0.1) is 0 Å². The third kappa shape index (κ3) is 7.13. The van der Waals surface area contributed by atoms with Gasteiger partial charge in [-0.2, -0.15) is 0 Å². The van der Waals surface area contributed by atoms with Crippen LogP contribution >= 0.6 is 0 Å². The van der Waals surface area contributed by atoms with Gasteiger partial charge >= 0.3 is 11.9 Å². The first-order chi connectivity index (χ1) is 11.0. The molecule has 4 heteroatoms. The van der Waals surface area contributed by atoms with Crippen LogP contribution in [0.5, 0.6) is 0 Å². The molecule has 1 aromatic rings. The average molecular weight is 318 g/mol. The number of carbonyl (C=O) groups is 2. The number of benzene rings is 1. The number of ether oxygens (including phenoxy) is 2. The second-order valence-corrected chi connectivity index (χ2v) is 5.51. The van der Waals surface area contributed by atoms with Gasteiger partial charge in [0, 0.05) is 19.4 Å². The fraction of sp³-hybridized carbons (Fsp3) is 0.474. The van der Waals surface area contributed by atoms with Crippen molar-refractivity contribution in [3.8, 4) is 0 Å². The van der Waals surface area contributed by atoms with E-state index in [9.17, 15) is 9.59 Å². The number of rotatable bonds is 8. The van der Waals surface area contributed by atoms with Gasteiger partial charge < -0.3 is 9.47 Å². The van der Waals surface area contributed by atoms with Crippen LogP contribution in [0.2, 0.25) is 0 Å². The van der Waals surface area contributed by atoms with Crippen molar-refractivity contribution in [3.05, 3.63) is 41.0 Å². The molecule has 0 radical (unpaired) electrons. The summed E-state index contributed by atoms with van der Waals surface area (Å²) in [6.07, 6.45) is 4.67. The quantitative estimate of drug-likeness (QED) is 0.530. The lowest BCUT2D eigenvalue weighted by Crippen LogP contribution is -2.24. The van der Waals surface area contributed by atoms with Crippen molar-refractivity contribution in [1.29, 1.82) is 0 Å². The predicted molar refractivity (Wildman–Crippen MR) is 90.6 cm³/mol. The summed E-state index contributed by atoms with van der Waals surface area (Å²) >= 11 is 0. The average Bonchev–Trinajstić information content (AvgIpc) is 2.47. The Kier molecular flexibility index (Phi) is 8.09. The SMILES string of the molecule is CCCC(=Cc1ccc(CCC)cc1)C(OC(C)=O)OC(C)=O. The van der Waals surface area contributed by atoms with Crippen LogP contribution in [-0.2, 0) is 25.5 Å². The van der Waals surface area contributed by atoms with Crippen LogP contribution in [0.25, 0.3) is 6.08 Å². The first kappa shape index (κ1) is 18.9. The summed E-state index contributed by atoms with van der Waals surface area (Å²) in [6, 6.07) is 8.23. The van der Waals surface area contributed by atoms with E-state index in [2.05, 4.69) is 19.1 Å². The first-order valence-corrected chi connectivity index (χ1v) is 8.10. The van der Waals surface area contributed by atoms with Crippen molar-refractivity contribution in [2.75, 3.05) is 0 Å². The molecule has 126 valence electrons. The van der Waals surface area contributed by atoms with E-state index >= 15 is 0 Å². The van der Waals surface area contributed by atoms with E-state index in [-0.39, 0.29) is 0 Å². The van der Waals surface area contributed by atoms with Gasteiger partial charge in [0.05, 0.1) is 0 Å². The van der Waals surface area contributed by atoms with Gasteiger partial charge in [-0.05, 0) is 30.0 Å². The molecule has 1 rings (SSSR count). The van der Waals surface area contributed by atoms with Crippen molar-refractivity contribution >= 4 is 18.0 Å². The van der Waals surface area contributed by atoms with E-state index in [1.54, 1.807) is 0 Å². The van der Waals surface area contributed by atoms with E-state index in [0.717, 1.165) is 30.4 Å². The van der Waals surface area contributed by atoms with Gasteiger partial charge in [0.2, 0.25) is 0 Å². The zero-order valence-electron chi connectivity index (χ0n) is 14.4. The van der Waals surface area contributed by atoms with Crippen LogP contribution in [0.4, 0.5) is 0 Å². The zero-order chi connectivity index (χ0) is 17.2. The lowest BCUT2D eigenvalue weighted by molar-refractivity contribution is -0.178. The Bertz CT molecular complexity index is 527. The van der Waals surface area contributed by atoms with Crippen LogP contribution in [0.1, 0.15) is 58.1 Å². The van der Waals surface area contributed by atoms with E-state index in [1.807, 2.05) is 25.1 Å². The fourth-order valence-electron chi connectivity index (χ4n) is 2.31. The van der Waals surface area contributed by atoms with Crippen molar-refractivity contribution in [2.24, 2.45) is 0 Å². The molecular formula is C19H26O4. The minimum absolute atomic E-state index is 0.475. The van der Waals surface area contributed by atoms with Gasteiger partial charge in [-0.25, -0.2) is 0 Å². The van der Waals surface area contributed by atoms with Crippen molar-refractivity contribution in [2.45, 2.75) is 59.7 Å². The molecule has 23 heavy (non-hydrogen) atoms. The van der Waals surface area contributed by atoms with E-state index < -0.39 is 18.2 Å². The molecule has 0 saturated heterocycles. The summed E-state index contributed by atoms with van der Waals surface area (Å²) in [4.78, 5) is 22.5. The minimum atomic E-state index is -0.958. The molecule has 0 atom stereocenters. The highest BCUT2D eigenvalue weighted by molar-refractivity contribution is 5.69. The van der Waals surface area contributed by atoms with Crippen LogP contribution in [0.3, 0.4) is 0 Å². The molecule has 0 aliphatic heterocycles. The minimum Gasteiger partial charge on any atom is -0.421 e. The standard InChI is InChI=1S/C19H26O4/c1-5-7-16-9-11-17(12-10-16)13-18(8-6-2)19(22-14(3)20)23-15(4)21/h9-13,19H,5-8H2,1-4H3. The fourth-order valence-corrected chi connectivity index (χ4v) is 2.31. The van der Waals surface area contributed by atoms with Crippen LogP contribution < -0.4 is 0 Å². The Labute approximate surface area is 138 Å². The highest BCUT2D eigenvalue weighted by atomic mass is 16.7. The molecule has 0 aliphatic carbocycles. The number of hydrogen-bond donors (Lipinski definition) is 0. The normalized spacial score (nSPS) is 11.4. The van der Waals surface area contributed by atoms with Gasteiger partial charge in [-0.1, -0.05) is 51.0 Å². The van der Waals surface area contributed by atoms with Gasteiger partial charge in [0.25, 0.3) is 6.29 Å². The molecule has 0 spiro atoms. The molecule has 0 N–H and O–H groups in total. The summed E-state index contributed by atoms with van der Waals surface area (Å²) in [5.41, 5.74) is 3.07. The molecule has 0 amide bonds. The zero-order valence-corrected chi connectivity index (χ0v) is 14.4. The third-order valence-corrected chi connectivity index (χ3v) is 3.26. The van der Waals surface area contributed by atoms with Gasteiger partial charge in [0.1, 0.15) is 0 Å². The topological polar surface area (TPSA) is 52.6 Å². The van der Waals surface area contributed by atoms with E-state index in [1.165, 1.54) is 19.4 Å². The Balaban J connectivity index is 3.03. The molecule has 4 nitrogen and oxygen atoms in total. The second-order valence-electron chi connectivity index (χ2n) is 5.51. The Morgan fingerprint density at radius 1 is 1.00 bits per heavy atom. The Morgan fingerprint density at radius 3 is 2.00 bits per heavy atom. The van der Waals surface area contributed by atoms with Crippen molar-refractivity contribution < 1.29 is 19.1 Å². The molecule has 0 aliphatic rings. The molecule has 0 unspecified atom stereocenters. The molecule has 0 fully saturated rings. The maximum absolute atomic E-state index is 11.3. The summed E-state index contributed by atoms with van der Waals surface area (Å²) in [5.74, 6) is -0.951. The lowest BCUT2D eigenvalue weighted by atomic mass is 10.0. The predicted octanol–water partition coefficient (Wildman–Crippen LogP) is 4.27. The van der Waals surface area contributed by atoms with Crippen molar-refractivity contribution in [3.63, 3.8) is 0 Å². The lowest BCUT2D eigenvalue weighted by Gasteiger charge is -2.19. The van der Waals surface area contributed by atoms with E-state index in [4.69, 9.17) is 9.47 Å². The highest BCUT2D eigenvalue weighted by Crippen LogP contribution is 2.20. The maximum atomic E-state index is 11.3. The largest absolute Gasteiger partial charge is 0.421 e. The monoisotopic (exact) mass is 318 g/mol. The number of esters is 2. The molecule has 0 heterocycles. The van der Waals surface area contributed by atoms with Gasteiger partial charge in [0.15, 0.2) is 0 Å². The smallest absolute Gasteiger partial charge is 0.305 e. The van der Waals surface area contributed by atoms with Gasteiger partial charge in [-0.3, -0.25) is 9.59 Å². The summed E-state index contributed by atoms with van der Waals surface area (Å²) in [7, 11) is 0. The third-order valence-electron chi connectivity index (χ3n) is 3.26. The first-order valence-electron chi connectivity index (χ1n) is 8.10. The molecule has 1 aromatic carbocycles. The molecular weight excluding hydrogens is 292 g/mol. The summed E-state index contributed by atoms with van der Waals surface area (Å²) < 4.78 is 10.3. The Hall–Kier alpha value is -2.10. The van der Waals surface area contributed by atoms with Gasteiger partial charge in [-0.15, -0.1) is 0 Å². The Morgan fingerprint density at radius 2 is 1.57 bits per heavy atom.